The lowest BCUT2D eigenvalue weighted by atomic mass is 10.2. The molecule has 0 bridgehead atoms. The van der Waals surface area contributed by atoms with Gasteiger partial charge in [-0.3, -0.25) is 4.79 Å². The van der Waals surface area contributed by atoms with Crippen LogP contribution >= 0.6 is 0 Å². The minimum absolute atomic E-state index is 0.0494. The first-order valence-corrected chi connectivity index (χ1v) is 5.58. The summed E-state index contributed by atoms with van der Waals surface area (Å²) in [6, 6.07) is 10.4. The van der Waals surface area contributed by atoms with Crippen LogP contribution in [0.2, 0.25) is 0 Å². The SMILES string of the molecule is N#CCNC(=O)Cn1c(C(=O)O)cc2ccccc21. The number of benzene rings is 1. The van der Waals surface area contributed by atoms with Crippen molar-refractivity contribution in [1.82, 2.24) is 9.88 Å². The van der Waals surface area contributed by atoms with E-state index < -0.39 is 11.9 Å². The molecule has 6 heteroatoms. The number of amides is 1. The Labute approximate surface area is 108 Å². The molecule has 19 heavy (non-hydrogen) atoms. The van der Waals surface area contributed by atoms with Crippen molar-refractivity contribution in [1.29, 1.82) is 5.26 Å². The van der Waals surface area contributed by atoms with Crippen LogP contribution in [0.3, 0.4) is 0 Å². The molecule has 0 spiro atoms. The zero-order chi connectivity index (χ0) is 13.8. The van der Waals surface area contributed by atoms with E-state index in [0.717, 1.165) is 5.39 Å². The monoisotopic (exact) mass is 257 g/mol. The molecule has 6 nitrogen and oxygen atoms in total. The molecule has 96 valence electrons. The Balaban J connectivity index is 2.40. The number of aromatic carboxylic acids is 1. The molecule has 1 heterocycles. The Morgan fingerprint density at radius 1 is 1.37 bits per heavy atom. The number of carbonyl (C=O) groups is 2. The lowest BCUT2D eigenvalue weighted by Gasteiger charge is -2.07. The number of nitrogens with one attached hydrogen (secondary N) is 1. The third kappa shape index (κ3) is 2.55. The van der Waals surface area contributed by atoms with Gasteiger partial charge in [0.05, 0.1) is 6.07 Å². The smallest absolute Gasteiger partial charge is 0.352 e. The van der Waals surface area contributed by atoms with Crippen molar-refractivity contribution in [3.05, 3.63) is 36.0 Å². The van der Waals surface area contributed by atoms with E-state index in [1.54, 1.807) is 30.3 Å². The lowest BCUT2D eigenvalue weighted by Crippen LogP contribution is -2.28. The van der Waals surface area contributed by atoms with Crippen molar-refractivity contribution in [3.63, 3.8) is 0 Å². The summed E-state index contributed by atoms with van der Waals surface area (Å²) >= 11 is 0. The molecule has 0 saturated carbocycles. The Morgan fingerprint density at radius 2 is 2.11 bits per heavy atom. The second-order valence-corrected chi connectivity index (χ2v) is 3.91. The molecule has 0 aliphatic rings. The topological polar surface area (TPSA) is 95.1 Å². The molecule has 0 aliphatic carbocycles. The molecule has 2 rings (SSSR count). The fourth-order valence-corrected chi connectivity index (χ4v) is 1.90. The number of hydrogen-bond acceptors (Lipinski definition) is 3. The Bertz CT molecular complexity index is 682. The van der Waals surface area contributed by atoms with E-state index in [0.29, 0.717) is 5.52 Å². The molecule has 0 aliphatic heterocycles. The van der Waals surface area contributed by atoms with E-state index in [-0.39, 0.29) is 18.8 Å². The van der Waals surface area contributed by atoms with E-state index >= 15 is 0 Å². The molecular formula is C13H11N3O3. The Hall–Kier alpha value is -2.81. The van der Waals surface area contributed by atoms with E-state index in [9.17, 15) is 9.59 Å². The summed E-state index contributed by atoms with van der Waals surface area (Å²) in [5.74, 6) is -1.49. The highest BCUT2D eigenvalue weighted by molar-refractivity contribution is 5.95. The molecule has 0 fully saturated rings. The van der Waals surface area contributed by atoms with Gasteiger partial charge in [0.25, 0.3) is 0 Å². The number of fused-ring (bicyclic) bond motifs is 1. The molecule has 2 N–H and O–H groups in total. The fraction of sp³-hybridized carbons (Fsp3) is 0.154. The minimum atomic E-state index is -1.09. The molecule has 0 unspecified atom stereocenters. The maximum atomic E-state index is 11.6. The summed E-state index contributed by atoms with van der Waals surface area (Å²) < 4.78 is 1.42. The summed E-state index contributed by atoms with van der Waals surface area (Å²) in [6.07, 6.45) is 0. The van der Waals surface area contributed by atoms with Crippen LogP contribution in [0, 0.1) is 11.3 Å². The largest absolute Gasteiger partial charge is 0.477 e. The quantitative estimate of drug-likeness (QED) is 0.798. The summed E-state index contributed by atoms with van der Waals surface area (Å²) in [6.45, 7) is -0.225. The van der Waals surface area contributed by atoms with Crippen LogP contribution in [-0.2, 0) is 11.3 Å². The maximum Gasteiger partial charge on any atom is 0.352 e. The average Bonchev–Trinajstić information content (AvgIpc) is 2.76. The number of carboxylic acid groups (broad SMARTS) is 1. The predicted octanol–water partition coefficient (Wildman–Crippen LogP) is 0.979. The van der Waals surface area contributed by atoms with Crippen molar-refractivity contribution in [2.75, 3.05) is 6.54 Å². The van der Waals surface area contributed by atoms with Gasteiger partial charge in [0.1, 0.15) is 18.8 Å². The second kappa shape index (κ2) is 5.23. The molecule has 0 atom stereocenters. The van der Waals surface area contributed by atoms with Crippen LogP contribution in [0.5, 0.6) is 0 Å². The number of aromatic nitrogens is 1. The molecule has 1 aromatic heterocycles. The van der Waals surface area contributed by atoms with Crippen molar-refractivity contribution in [2.45, 2.75) is 6.54 Å². The average molecular weight is 257 g/mol. The zero-order valence-corrected chi connectivity index (χ0v) is 9.96. The van der Waals surface area contributed by atoms with Gasteiger partial charge in [-0.25, -0.2) is 4.79 Å². The predicted molar refractivity (Wildman–Crippen MR) is 67.5 cm³/mol. The molecule has 0 radical (unpaired) electrons. The molecule has 1 amide bonds. The fourth-order valence-electron chi connectivity index (χ4n) is 1.90. The van der Waals surface area contributed by atoms with Gasteiger partial charge in [0.2, 0.25) is 5.91 Å². The first-order chi connectivity index (χ1) is 9.13. The standard InChI is InChI=1S/C13H11N3O3/c14-5-6-15-12(17)8-16-10-4-2-1-3-9(10)7-11(16)13(18)19/h1-4,7H,6,8H2,(H,15,17)(H,18,19). The summed E-state index contributed by atoms with van der Waals surface area (Å²) in [7, 11) is 0. The number of para-hydroxylation sites is 1. The van der Waals surface area contributed by atoms with Crippen molar-refractivity contribution >= 4 is 22.8 Å². The molecule has 2 aromatic rings. The van der Waals surface area contributed by atoms with Crippen LogP contribution < -0.4 is 5.32 Å². The lowest BCUT2D eigenvalue weighted by molar-refractivity contribution is -0.121. The normalized spacial score (nSPS) is 10.1. The number of carbonyl (C=O) groups excluding carboxylic acids is 1. The van der Waals surface area contributed by atoms with Crippen LogP contribution in [0.25, 0.3) is 10.9 Å². The summed E-state index contributed by atoms with van der Waals surface area (Å²) in [4.78, 5) is 22.8. The first-order valence-electron chi connectivity index (χ1n) is 5.58. The van der Waals surface area contributed by atoms with Crippen LogP contribution in [0.1, 0.15) is 10.5 Å². The summed E-state index contributed by atoms with van der Waals surface area (Å²) in [5, 5.41) is 20.7. The van der Waals surface area contributed by atoms with Gasteiger partial charge in [0, 0.05) is 10.9 Å². The van der Waals surface area contributed by atoms with Crippen LogP contribution in [-0.4, -0.2) is 28.1 Å². The van der Waals surface area contributed by atoms with Gasteiger partial charge in [-0.15, -0.1) is 0 Å². The molecular weight excluding hydrogens is 246 g/mol. The van der Waals surface area contributed by atoms with Crippen LogP contribution in [0.15, 0.2) is 30.3 Å². The van der Waals surface area contributed by atoms with Gasteiger partial charge in [0.15, 0.2) is 0 Å². The number of hydrogen-bond donors (Lipinski definition) is 2. The van der Waals surface area contributed by atoms with E-state index in [2.05, 4.69) is 5.32 Å². The number of nitrogens with zero attached hydrogens (tertiary/aromatic N) is 2. The maximum absolute atomic E-state index is 11.6. The number of rotatable bonds is 4. The zero-order valence-electron chi connectivity index (χ0n) is 9.96. The molecule has 1 aromatic carbocycles. The highest BCUT2D eigenvalue weighted by Crippen LogP contribution is 2.19. The highest BCUT2D eigenvalue weighted by atomic mass is 16.4. The Morgan fingerprint density at radius 3 is 2.79 bits per heavy atom. The second-order valence-electron chi connectivity index (χ2n) is 3.91. The number of nitriles is 1. The molecule has 0 saturated heterocycles. The van der Waals surface area contributed by atoms with Gasteiger partial charge in [-0.05, 0) is 12.1 Å². The Kier molecular flexibility index (Phi) is 3.48. The van der Waals surface area contributed by atoms with Crippen molar-refractivity contribution in [3.8, 4) is 6.07 Å². The van der Waals surface area contributed by atoms with E-state index in [4.69, 9.17) is 10.4 Å². The minimum Gasteiger partial charge on any atom is -0.477 e. The number of carboxylic acids is 1. The van der Waals surface area contributed by atoms with Crippen molar-refractivity contribution in [2.24, 2.45) is 0 Å². The van der Waals surface area contributed by atoms with E-state index in [1.165, 1.54) is 10.6 Å². The van der Waals surface area contributed by atoms with Gasteiger partial charge >= 0.3 is 5.97 Å². The van der Waals surface area contributed by atoms with E-state index in [1.807, 2.05) is 0 Å². The van der Waals surface area contributed by atoms with Gasteiger partial charge in [-0.2, -0.15) is 5.26 Å². The van der Waals surface area contributed by atoms with Crippen molar-refractivity contribution < 1.29 is 14.7 Å². The highest BCUT2D eigenvalue weighted by Gasteiger charge is 2.16. The third-order valence-electron chi connectivity index (χ3n) is 2.70. The summed E-state index contributed by atoms with van der Waals surface area (Å²) in [5.41, 5.74) is 0.723. The van der Waals surface area contributed by atoms with Gasteiger partial charge < -0.3 is 15.0 Å². The van der Waals surface area contributed by atoms with Crippen LogP contribution in [0.4, 0.5) is 0 Å². The van der Waals surface area contributed by atoms with Gasteiger partial charge in [-0.1, -0.05) is 18.2 Å². The third-order valence-corrected chi connectivity index (χ3v) is 2.70. The first kappa shape index (κ1) is 12.6.